The number of hydrogen-bond donors (Lipinski definition) is 0. The van der Waals surface area contributed by atoms with Crippen LogP contribution < -0.4 is 4.74 Å². The van der Waals surface area contributed by atoms with Crippen molar-refractivity contribution in [2.75, 3.05) is 11.9 Å². The van der Waals surface area contributed by atoms with Crippen LogP contribution in [0.25, 0.3) is 0 Å². The normalized spacial score (nSPS) is 12.1. The Balaban J connectivity index is 1.79. The number of alkyl halides is 1. The molecule has 2 aromatic rings. The molecule has 0 aliphatic rings. The van der Waals surface area contributed by atoms with Crippen molar-refractivity contribution in [3.8, 4) is 5.75 Å². The molecule has 0 spiro atoms. The maximum atomic E-state index is 5.81. The van der Waals surface area contributed by atoms with Crippen LogP contribution in [0.3, 0.4) is 0 Å². The quantitative estimate of drug-likeness (QED) is 0.562. The lowest BCUT2D eigenvalue weighted by Crippen LogP contribution is -2.11. The standard InChI is InChI=1S/C17H18Br2O/c18-13-15(11-14-5-2-1-3-6-14)9-10-20-17-8-4-7-16(19)12-17/h1-8,12,15H,9-11,13H2. The lowest BCUT2D eigenvalue weighted by molar-refractivity contribution is 0.285. The van der Waals surface area contributed by atoms with Crippen molar-refractivity contribution in [1.82, 2.24) is 0 Å². The topological polar surface area (TPSA) is 9.23 Å². The van der Waals surface area contributed by atoms with Gasteiger partial charge in [0.1, 0.15) is 5.75 Å². The molecule has 20 heavy (non-hydrogen) atoms. The molecule has 0 radical (unpaired) electrons. The fraction of sp³-hybridized carbons (Fsp3) is 0.294. The summed E-state index contributed by atoms with van der Waals surface area (Å²) in [7, 11) is 0. The van der Waals surface area contributed by atoms with Gasteiger partial charge in [-0.15, -0.1) is 0 Å². The molecule has 3 heteroatoms. The lowest BCUT2D eigenvalue weighted by atomic mass is 9.98. The SMILES string of the molecule is BrCC(CCOc1cccc(Br)c1)Cc1ccccc1. The second-order valence-corrected chi connectivity index (χ2v) is 6.37. The Morgan fingerprint density at radius 1 is 1.00 bits per heavy atom. The van der Waals surface area contributed by atoms with Gasteiger partial charge in [-0.25, -0.2) is 0 Å². The second kappa shape index (κ2) is 8.48. The summed E-state index contributed by atoms with van der Waals surface area (Å²) in [6.07, 6.45) is 2.14. The van der Waals surface area contributed by atoms with Gasteiger partial charge in [-0.2, -0.15) is 0 Å². The van der Waals surface area contributed by atoms with E-state index in [9.17, 15) is 0 Å². The van der Waals surface area contributed by atoms with E-state index in [-0.39, 0.29) is 0 Å². The molecular weight excluding hydrogens is 380 g/mol. The highest BCUT2D eigenvalue weighted by atomic mass is 79.9. The minimum absolute atomic E-state index is 0.601. The van der Waals surface area contributed by atoms with Crippen LogP contribution in [0.1, 0.15) is 12.0 Å². The van der Waals surface area contributed by atoms with E-state index in [4.69, 9.17) is 4.74 Å². The van der Waals surface area contributed by atoms with E-state index in [1.807, 2.05) is 24.3 Å². The Hall–Kier alpha value is -0.800. The smallest absolute Gasteiger partial charge is 0.120 e. The number of benzene rings is 2. The van der Waals surface area contributed by atoms with Gasteiger partial charge < -0.3 is 4.74 Å². The molecule has 0 heterocycles. The third-order valence-electron chi connectivity index (χ3n) is 3.18. The Labute approximate surface area is 137 Å². The van der Waals surface area contributed by atoms with Crippen molar-refractivity contribution >= 4 is 31.9 Å². The molecule has 0 fully saturated rings. The number of halogens is 2. The van der Waals surface area contributed by atoms with Crippen molar-refractivity contribution in [2.24, 2.45) is 5.92 Å². The molecule has 0 amide bonds. The van der Waals surface area contributed by atoms with Gasteiger partial charge in [0.15, 0.2) is 0 Å². The summed E-state index contributed by atoms with van der Waals surface area (Å²) in [5, 5.41) is 1.00. The van der Waals surface area contributed by atoms with E-state index in [2.05, 4.69) is 62.2 Å². The van der Waals surface area contributed by atoms with E-state index in [1.165, 1.54) is 5.56 Å². The molecule has 106 valence electrons. The van der Waals surface area contributed by atoms with Crippen molar-refractivity contribution in [3.63, 3.8) is 0 Å². The number of hydrogen-bond acceptors (Lipinski definition) is 1. The predicted octanol–water partition coefficient (Wildman–Crippen LogP) is 5.47. The summed E-state index contributed by atoms with van der Waals surface area (Å²) >= 11 is 7.06. The molecule has 0 aromatic heterocycles. The van der Waals surface area contributed by atoms with Gasteiger partial charge in [-0.05, 0) is 42.5 Å². The van der Waals surface area contributed by atoms with E-state index in [1.54, 1.807) is 0 Å². The first-order valence-electron chi connectivity index (χ1n) is 6.76. The van der Waals surface area contributed by atoms with Gasteiger partial charge in [0.2, 0.25) is 0 Å². The van der Waals surface area contributed by atoms with Crippen LogP contribution in [0.5, 0.6) is 5.75 Å². The van der Waals surface area contributed by atoms with Gasteiger partial charge >= 0.3 is 0 Å². The highest BCUT2D eigenvalue weighted by molar-refractivity contribution is 9.10. The van der Waals surface area contributed by atoms with Crippen LogP contribution in [0, 0.1) is 5.92 Å². The maximum Gasteiger partial charge on any atom is 0.120 e. The monoisotopic (exact) mass is 396 g/mol. The van der Waals surface area contributed by atoms with Gasteiger partial charge in [-0.1, -0.05) is 68.3 Å². The predicted molar refractivity (Wildman–Crippen MR) is 91.7 cm³/mol. The van der Waals surface area contributed by atoms with Gasteiger partial charge in [0.05, 0.1) is 6.61 Å². The first-order chi connectivity index (χ1) is 9.78. The zero-order valence-corrected chi connectivity index (χ0v) is 14.4. The molecule has 0 aliphatic carbocycles. The van der Waals surface area contributed by atoms with Crippen molar-refractivity contribution in [2.45, 2.75) is 12.8 Å². The average Bonchev–Trinajstić information content (AvgIpc) is 2.47. The zero-order valence-electron chi connectivity index (χ0n) is 11.3. The van der Waals surface area contributed by atoms with Crippen LogP contribution in [0.2, 0.25) is 0 Å². The van der Waals surface area contributed by atoms with E-state index < -0.39 is 0 Å². The summed E-state index contributed by atoms with van der Waals surface area (Å²) in [5.41, 5.74) is 1.39. The molecular formula is C17H18Br2O. The van der Waals surface area contributed by atoms with Crippen molar-refractivity contribution < 1.29 is 4.74 Å². The van der Waals surface area contributed by atoms with Crippen LogP contribution in [-0.2, 0) is 6.42 Å². The number of ether oxygens (including phenoxy) is 1. The molecule has 1 atom stereocenters. The largest absolute Gasteiger partial charge is 0.494 e. The Morgan fingerprint density at radius 2 is 1.80 bits per heavy atom. The van der Waals surface area contributed by atoms with Crippen LogP contribution in [-0.4, -0.2) is 11.9 Å². The highest BCUT2D eigenvalue weighted by Crippen LogP contribution is 2.19. The lowest BCUT2D eigenvalue weighted by Gasteiger charge is -2.15. The van der Waals surface area contributed by atoms with Crippen molar-refractivity contribution in [1.29, 1.82) is 0 Å². The molecule has 0 bridgehead atoms. The van der Waals surface area contributed by atoms with Gasteiger partial charge in [0, 0.05) is 9.80 Å². The van der Waals surface area contributed by atoms with E-state index in [0.717, 1.165) is 35.0 Å². The fourth-order valence-electron chi connectivity index (χ4n) is 2.08. The third-order valence-corrected chi connectivity index (χ3v) is 4.59. The highest BCUT2D eigenvalue weighted by Gasteiger charge is 2.08. The van der Waals surface area contributed by atoms with Gasteiger partial charge in [-0.3, -0.25) is 0 Å². The summed E-state index contributed by atoms with van der Waals surface area (Å²) in [6.45, 7) is 0.750. The zero-order chi connectivity index (χ0) is 14.2. The molecule has 0 N–H and O–H groups in total. The van der Waals surface area contributed by atoms with Crippen molar-refractivity contribution in [3.05, 3.63) is 64.6 Å². The Morgan fingerprint density at radius 3 is 2.50 bits per heavy atom. The molecule has 1 unspecified atom stereocenters. The molecule has 0 saturated heterocycles. The minimum Gasteiger partial charge on any atom is -0.494 e. The molecule has 0 saturated carbocycles. The Kier molecular flexibility index (Phi) is 6.61. The summed E-state index contributed by atoms with van der Waals surface area (Å²) in [4.78, 5) is 0. The first kappa shape index (κ1) is 15.6. The Bertz CT molecular complexity index is 513. The van der Waals surface area contributed by atoms with Crippen LogP contribution in [0.4, 0.5) is 0 Å². The molecule has 2 rings (SSSR count). The van der Waals surface area contributed by atoms with Crippen LogP contribution >= 0.6 is 31.9 Å². The fourth-order valence-corrected chi connectivity index (χ4v) is 3.01. The van der Waals surface area contributed by atoms with E-state index in [0.29, 0.717) is 5.92 Å². The molecule has 2 aromatic carbocycles. The third kappa shape index (κ3) is 5.29. The summed E-state index contributed by atoms with van der Waals surface area (Å²) in [6, 6.07) is 18.6. The second-order valence-electron chi connectivity index (χ2n) is 4.80. The van der Waals surface area contributed by atoms with Crippen LogP contribution in [0.15, 0.2) is 59.1 Å². The minimum atomic E-state index is 0.601. The first-order valence-corrected chi connectivity index (χ1v) is 8.67. The summed E-state index contributed by atoms with van der Waals surface area (Å²) in [5.74, 6) is 1.52. The van der Waals surface area contributed by atoms with Gasteiger partial charge in [0.25, 0.3) is 0 Å². The maximum absolute atomic E-state index is 5.81. The number of rotatable bonds is 7. The molecule has 1 nitrogen and oxygen atoms in total. The average molecular weight is 398 g/mol. The van der Waals surface area contributed by atoms with E-state index >= 15 is 0 Å². The molecule has 0 aliphatic heterocycles. The summed E-state index contributed by atoms with van der Waals surface area (Å²) < 4.78 is 6.86.